The summed E-state index contributed by atoms with van der Waals surface area (Å²) in [5.41, 5.74) is -0.0278. The molecule has 54 valence electrons. The van der Waals surface area contributed by atoms with E-state index in [1.807, 2.05) is 0 Å². The molecule has 2 fully saturated rings. The van der Waals surface area contributed by atoms with Crippen LogP contribution in [-0.4, -0.2) is 24.0 Å². The van der Waals surface area contributed by atoms with E-state index in [-0.39, 0.29) is 5.54 Å². The molecule has 1 saturated heterocycles. The Hall–Kier alpha value is -0.550. The van der Waals surface area contributed by atoms with Gasteiger partial charge >= 0.3 is 0 Å². The fraction of sp³-hybridized carbons (Fsp3) is 0.875. The second-order valence-electron chi connectivity index (χ2n) is 3.48. The molecule has 0 spiro atoms. The molecule has 2 aliphatic rings. The molecule has 0 N–H and O–H groups in total. The van der Waals surface area contributed by atoms with Crippen molar-refractivity contribution >= 4 is 0 Å². The van der Waals surface area contributed by atoms with Gasteiger partial charge in [0.15, 0.2) is 0 Å². The van der Waals surface area contributed by atoms with Crippen LogP contribution in [0.4, 0.5) is 0 Å². The van der Waals surface area contributed by atoms with E-state index < -0.39 is 0 Å². The molecule has 0 aromatic rings. The summed E-state index contributed by atoms with van der Waals surface area (Å²) in [4.78, 5) is 2.22. The first-order valence-electron chi connectivity index (χ1n) is 3.92. The van der Waals surface area contributed by atoms with Crippen LogP contribution in [0.3, 0.4) is 0 Å². The van der Waals surface area contributed by atoms with Crippen LogP contribution in [0.25, 0.3) is 0 Å². The molecule has 2 heteroatoms. The molecule has 10 heavy (non-hydrogen) atoms. The Morgan fingerprint density at radius 1 is 1.60 bits per heavy atom. The molecule has 0 aromatic heterocycles. The second-order valence-corrected chi connectivity index (χ2v) is 3.48. The minimum atomic E-state index is -0.0278. The number of hydrogen-bond acceptors (Lipinski definition) is 2. The Bertz CT molecular complexity index is 186. The Kier molecular flexibility index (Phi) is 1.07. The van der Waals surface area contributed by atoms with Gasteiger partial charge < -0.3 is 0 Å². The summed E-state index contributed by atoms with van der Waals surface area (Å²) in [6.07, 6.45) is 3.62. The average Bonchev–Trinajstić information content (AvgIpc) is 2.06. The van der Waals surface area contributed by atoms with Crippen molar-refractivity contribution in [2.24, 2.45) is 5.92 Å². The lowest BCUT2D eigenvalue weighted by atomic mass is 9.68. The van der Waals surface area contributed by atoms with Crippen LogP contribution in [0.5, 0.6) is 0 Å². The smallest absolute Gasteiger partial charge is 0.111 e. The van der Waals surface area contributed by atoms with Gasteiger partial charge in [-0.05, 0) is 38.8 Å². The monoisotopic (exact) mass is 136 g/mol. The lowest BCUT2D eigenvalue weighted by Gasteiger charge is -2.42. The van der Waals surface area contributed by atoms with Gasteiger partial charge in [0.2, 0.25) is 0 Å². The van der Waals surface area contributed by atoms with Gasteiger partial charge in [0.05, 0.1) is 6.07 Å². The van der Waals surface area contributed by atoms with Gasteiger partial charge in [-0.15, -0.1) is 0 Å². The zero-order chi connectivity index (χ0) is 7.19. The van der Waals surface area contributed by atoms with Crippen LogP contribution >= 0.6 is 0 Å². The lowest BCUT2D eigenvalue weighted by molar-refractivity contribution is 0.0947. The summed E-state index contributed by atoms with van der Waals surface area (Å²) < 4.78 is 0. The van der Waals surface area contributed by atoms with Gasteiger partial charge in [0.1, 0.15) is 5.54 Å². The quantitative estimate of drug-likeness (QED) is 0.496. The normalized spacial score (nSPS) is 45.8. The predicted octanol–water partition coefficient (Wildman–Crippen LogP) is 0.994. The second kappa shape index (κ2) is 1.73. The maximum Gasteiger partial charge on any atom is 0.111 e. The largest absolute Gasteiger partial charge is 0.288 e. The third-order valence-electron chi connectivity index (χ3n) is 3.24. The summed E-state index contributed by atoms with van der Waals surface area (Å²) in [5.74, 6) is 0.697. The molecular formula is C8H12N2. The molecule has 0 aromatic carbocycles. The number of hydrogen-bond donors (Lipinski definition) is 0. The summed E-state index contributed by atoms with van der Waals surface area (Å²) in [6.45, 7) is 1.12. The highest BCUT2D eigenvalue weighted by molar-refractivity contribution is 5.20. The van der Waals surface area contributed by atoms with Crippen LogP contribution < -0.4 is 0 Å². The fourth-order valence-electron chi connectivity index (χ4n) is 2.29. The maximum absolute atomic E-state index is 8.93. The highest BCUT2D eigenvalue weighted by Crippen LogP contribution is 2.48. The average molecular weight is 136 g/mol. The molecule has 2 rings (SSSR count). The van der Waals surface area contributed by atoms with Gasteiger partial charge in [-0.25, -0.2) is 0 Å². The number of likely N-dealkylation sites (tertiary alicyclic amines) is 1. The van der Waals surface area contributed by atoms with E-state index in [1.165, 1.54) is 12.8 Å². The van der Waals surface area contributed by atoms with Crippen LogP contribution in [-0.2, 0) is 0 Å². The molecule has 0 bridgehead atoms. The topological polar surface area (TPSA) is 27.0 Å². The Balaban J connectivity index is 2.27. The first kappa shape index (κ1) is 6.18. The molecule has 0 amide bonds. The molecule has 0 radical (unpaired) electrons. The molecule has 2 nitrogen and oxygen atoms in total. The maximum atomic E-state index is 8.93. The first-order valence-corrected chi connectivity index (χ1v) is 3.92. The van der Waals surface area contributed by atoms with Crippen LogP contribution in [0.2, 0.25) is 0 Å². The third-order valence-corrected chi connectivity index (χ3v) is 3.24. The molecule has 2 atom stereocenters. The molecular weight excluding hydrogens is 124 g/mol. The minimum Gasteiger partial charge on any atom is -0.288 e. The highest BCUT2D eigenvalue weighted by Gasteiger charge is 2.53. The Morgan fingerprint density at radius 2 is 2.40 bits per heavy atom. The van der Waals surface area contributed by atoms with Crippen LogP contribution in [0.15, 0.2) is 0 Å². The van der Waals surface area contributed by atoms with Crippen molar-refractivity contribution < 1.29 is 0 Å². The molecule has 2 unspecified atom stereocenters. The number of rotatable bonds is 0. The van der Waals surface area contributed by atoms with Crippen molar-refractivity contribution in [3.05, 3.63) is 0 Å². The van der Waals surface area contributed by atoms with Crippen LogP contribution in [0.1, 0.15) is 19.3 Å². The summed E-state index contributed by atoms with van der Waals surface area (Å²) in [5, 5.41) is 8.93. The van der Waals surface area contributed by atoms with Crippen molar-refractivity contribution in [3.63, 3.8) is 0 Å². The van der Waals surface area contributed by atoms with Gasteiger partial charge in [-0.2, -0.15) is 5.26 Å². The lowest BCUT2D eigenvalue weighted by Crippen LogP contribution is -2.51. The number of fused-ring (bicyclic) bond motifs is 1. The Labute approximate surface area is 61.4 Å². The summed E-state index contributed by atoms with van der Waals surface area (Å²) in [7, 11) is 2.07. The third kappa shape index (κ3) is 0.479. The molecule has 1 aliphatic carbocycles. The van der Waals surface area contributed by atoms with E-state index in [1.54, 1.807) is 0 Å². The van der Waals surface area contributed by atoms with Crippen molar-refractivity contribution in [2.75, 3.05) is 13.6 Å². The van der Waals surface area contributed by atoms with E-state index in [9.17, 15) is 0 Å². The van der Waals surface area contributed by atoms with Gasteiger partial charge in [-0.1, -0.05) is 0 Å². The van der Waals surface area contributed by atoms with E-state index in [4.69, 9.17) is 5.26 Å². The molecule has 1 saturated carbocycles. The summed E-state index contributed by atoms with van der Waals surface area (Å²) in [6, 6.07) is 2.45. The zero-order valence-corrected chi connectivity index (χ0v) is 6.30. The molecule has 1 heterocycles. The molecule has 1 aliphatic heterocycles. The predicted molar refractivity (Wildman–Crippen MR) is 38.3 cm³/mol. The Morgan fingerprint density at radius 3 is 2.70 bits per heavy atom. The van der Waals surface area contributed by atoms with Crippen LogP contribution in [0, 0.1) is 17.2 Å². The summed E-state index contributed by atoms with van der Waals surface area (Å²) >= 11 is 0. The number of nitriles is 1. The highest BCUT2D eigenvalue weighted by atomic mass is 15.2. The minimum absolute atomic E-state index is 0.0278. The van der Waals surface area contributed by atoms with Crippen molar-refractivity contribution in [3.8, 4) is 6.07 Å². The zero-order valence-electron chi connectivity index (χ0n) is 6.30. The van der Waals surface area contributed by atoms with Crippen molar-refractivity contribution in [1.29, 1.82) is 5.26 Å². The van der Waals surface area contributed by atoms with E-state index in [0.717, 1.165) is 13.0 Å². The SMILES string of the molecule is CN1CCC2CCC21C#N. The first-order chi connectivity index (χ1) is 4.79. The van der Waals surface area contributed by atoms with Gasteiger partial charge in [-0.3, -0.25) is 4.90 Å². The van der Waals surface area contributed by atoms with Crippen molar-refractivity contribution in [1.82, 2.24) is 4.90 Å². The van der Waals surface area contributed by atoms with Crippen molar-refractivity contribution in [2.45, 2.75) is 24.8 Å². The number of nitrogens with zero attached hydrogens (tertiary/aromatic N) is 2. The van der Waals surface area contributed by atoms with E-state index in [2.05, 4.69) is 18.0 Å². The van der Waals surface area contributed by atoms with Gasteiger partial charge in [0, 0.05) is 0 Å². The van der Waals surface area contributed by atoms with Gasteiger partial charge in [0.25, 0.3) is 0 Å². The standard InChI is InChI=1S/C8H12N2/c1-10-5-3-7-2-4-8(7,10)6-9/h7H,2-5H2,1H3. The fourth-order valence-corrected chi connectivity index (χ4v) is 2.29. The van der Waals surface area contributed by atoms with E-state index in [0.29, 0.717) is 5.92 Å². The van der Waals surface area contributed by atoms with E-state index >= 15 is 0 Å².